The second-order valence-electron chi connectivity index (χ2n) is 6.76. The predicted octanol–water partition coefficient (Wildman–Crippen LogP) is 1.64. The Labute approximate surface area is 129 Å². The standard InChI is InChI=1S/C16H33N3O2/c1-5-10-17-16(2,15(20)21)9-7-12-19-11-6-8-14(19)13-18(3)4/h14,17H,5-13H2,1-4H3,(H,20,21). The van der Waals surface area contributed by atoms with Gasteiger partial charge in [-0.2, -0.15) is 0 Å². The number of hydrogen-bond acceptors (Lipinski definition) is 4. The highest BCUT2D eigenvalue weighted by Gasteiger charge is 2.32. The molecule has 5 nitrogen and oxygen atoms in total. The van der Waals surface area contributed by atoms with Crippen LogP contribution in [0.25, 0.3) is 0 Å². The van der Waals surface area contributed by atoms with Crippen LogP contribution in [0.5, 0.6) is 0 Å². The average Bonchev–Trinajstić information content (AvgIpc) is 2.83. The van der Waals surface area contributed by atoms with E-state index < -0.39 is 11.5 Å². The van der Waals surface area contributed by atoms with Gasteiger partial charge in [0.05, 0.1) is 0 Å². The number of likely N-dealkylation sites (tertiary alicyclic amines) is 1. The predicted molar refractivity (Wildman–Crippen MR) is 86.7 cm³/mol. The van der Waals surface area contributed by atoms with Gasteiger partial charge < -0.3 is 15.3 Å². The van der Waals surface area contributed by atoms with Crippen LogP contribution >= 0.6 is 0 Å². The number of likely N-dealkylation sites (N-methyl/N-ethyl adjacent to an activating group) is 1. The molecule has 2 unspecified atom stereocenters. The summed E-state index contributed by atoms with van der Waals surface area (Å²) < 4.78 is 0. The third-order valence-corrected chi connectivity index (χ3v) is 4.43. The van der Waals surface area contributed by atoms with Crippen LogP contribution in [0.1, 0.15) is 46.0 Å². The quantitative estimate of drug-likeness (QED) is 0.642. The molecule has 0 aromatic carbocycles. The van der Waals surface area contributed by atoms with Crippen molar-refractivity contribution in [3.05, 3.63) is 0 Å². The van der Waals surface area contributed by atoms with Crippen LogP contribution in [0.4, 0.5) is 0 Å². The van der Waals surface area contributed by atoms with E-state index in [-0.39, 0.29) is 0 Å². The molecule has 1 aliphatic rings. The van der Waals surface area contributed by atoms with Gasteiger partial charge in [-0.05, 0) is 72.8 Å². The molecule has 0 aromatic rings. The maximum atomic E-state index is 11.5. The van der Waals surface area contributed by atoms with Crippen molar-refractivity contribution in [1.29, 1.82) is 0 Å². The van der Waals surface area contributed by atoms with E-state index in [2.05, 4.69) is 36.1 Å². The van der Waals surface area contributed by atoms with Gasteiger partial charge in [0.15, 0.2) is 0 Å². The fourth-order valence-electron chi connectivity index (χ4n) is 3.13. The summed E-state index contributed by atoms with van der Waals surface area (Å²) in [5.41, 5.74) is -0.785. The van der Waals surface area contributed by atoms with E-state index in [1.54, 1.807) is 0 Å². The zero-order valence-corrected chi connectivity index (χ0v) is 14.2. The summed E-state index contributed by atoms with van der Waals surface area (Å²) in [5, 5.41) is 12.6. The molecule has 2 N–H and O–H groups in total. The molecule has 0 bridgehead atoms. The van der Waals surface area contributed by atoms with Crippen LogP contribution in [-0.4, -0.2) is 72.7 Å². The first kappa shape index (κ1) is 18.4. The van der Waals surface area contributed by atoms with E-state index in [4.69, 9.17) is 0 Å². The van der Waals surface area contributed by atoms with E-state index in [9.17, 15) is 9.90 Å². The molecule has 0 saturated carbocycles. The Kier molecular flexibility index (Phi) is 7.63. The fourth-order valence-corrected chi connectivity index (χ4v) is 3.13. The second-order valence-corrected chi connectivity index (χ2v) is 6.76. The van der Waals surface area contributed by atoms with Crippen molar-refractivity contribution < 1.29 is 9.90 Å². The van der Waals surface area contributed by atoms with Crippen molar-refractivity contribution in [3.63, 3.8) is 0 Å². The summed E-state index contributed by atoms with van der Waals surface area (Å²) in [6, 6.07) is 0.639. The number of hydrogen-bond donors (Lipinski definition) is 2. The molecule has 0 amide bonds. The summed E-state index contributed by atoms with van der Waals surface area (Å²) in [4.78, 5) is 16.3. The third kappa shape index (κ3) is 5.93. The SMILES string of the molecule is CCCNC(C)(CCCN1CCCC1CN(C)C)C(=O)O. The van der Waals surface area contributed by atoms with Gasteiger partial charge in [-0.25, -0.2) is 0 Å². The normalized spacial score (nSPS) is 22.6. The molecule has 0 radical (unpaired) electrons. The van der Waals surface area contributed by atoms with Crippen molar-refractivity contribution in [2.24, 2.45) is 0 Å². The van der Waals surface area contributed by atoms with E-state index >= 15 is 0 Å². The number of rotatable bonds is 10. The minimum absolute atomic E-state index is 0.639. The summed E-state index contributed by atoms with van der Waals surface area (Å²) in [5.74, 6) is -0.734. The number of carboxylic acid groups (broad SMARTS) is 1. The Morgan fingerprint density at radius 1 is 1.48 bits per heavy atom. The van der Waals surface area contributed by atoms with Crippen LogP contribution < -0.4 is 5.32 Å². The first-order valence-electron chi connectivity index (χ1n) is 8.26. The molecule has 1 fully saturated rings. The minimum Gasteiger partial charge on any atom is -0.480 e. The summed E-state index contributed by atoms with van der Waals surface area (Å²) in [7, 11) is 4.24. The molecule has 0 spiro atoms. The molecule has 1 saturated heterocycles. The molecule has 124 valence electrons. The van der Waals surface area contributed by atoms with Gasteiger partial charge in [0.1, 0.15) is 5.54 Å². The van der Waals surface area contributed by atoms with Crippen molar-refractivity contribution in [2.75, 3.05) is 40.3 Å². The monoisotopic (exact) mass is 299 g/mol. The lowest BCUT2D eigenvalue weighted by Crippen LogP contribution is -2.50. The zero-order valence-electron chi connectivity index (χ0n) is 14.2. The number of carbonyl (C=O) groups is 1. The lowest BCUT2D eigenvalue weighted by molar-refractivity contribution is -0.144. The minimum atomic E-state index is -0.785. The van der Waals surface area contributed by atoms with Crippen molar-refractivity contribution in [3.8, 4) is 0 Å². The van der Waals surface area contributed by atoms with Gasteiger partial charge in [-0.15, -0.1) is 0 Å². The summed E-state index contributed by atoms with van der Waals surface area (Å²) in [6.45, 7) is 7.90. The maximum Gasteiger partial charge on any atom is 0.323 e. The van der Waals surface area contributed by atoms with E-state index in [1.165, 1.54) is 12.8 Å². The molecule has 0 aromatic heterocycles. The average molecular weight is 299 g/mol. The number of nitrogens with one attached hydrogen (secondary N) is 1. The number of carboxylic acids is 1. The third-order valence-electron chi connectivity index (χ3n) is 4.43. The smallest absolute Gasteiger partial charge is 0.323 e. The molecule has 1 heterocycles. The molecular formula is C16H33N3O2. The highest BCUT2D eigenvalue weighted by atomic mass is 16.4. The van der Waals surface area contributed by atoms with Crippen LogP contribution in [0.15, 0.2) is 0 Å². The molecule has 5 heteroatoms. The van der Waals surface area contributed by atoms with Crippen molar-refractivity contribution >= 4 is 5.97 Å². The molecule has 0 aliphatic carbocycles. The first-order valence-corrected chi connectivity index (χ1v) is 8.26. The Balaban J connectivity index is 2.41. The molecule has 1 rings (SSSR count). The zero-order chi connectivity index (χ0) is 15.9. The van der Waals surface area contributed by atoms with Crippen LogP contribution in [0.3, 0.4) is 0 Å². The first-order chi connectivity index (χ1) is 9.89. The van der Waals surface area contributed by atoms with E-state index in [0.717, 1.165) is 39.0 Å². The van der Waals surface area contributed by atoms with Gasteiger partial charge in [0, 0.05) is 12.6 Å². The second kappa shape index (κ2) is 8.71. The number of aliphatic carboxylic acids is 1. The Morgan fingerprint density at radius 3 is 2.76 bits per heavy atom. The lowest BCUT2D eigenvalue weighted by Gasteiger charge is -2.30. The highest BCUT2D eigenvalue weighted by Crippen LogP contribution is 2.20. The Hall–Kier alpha value is -0.650. The van der Waals surface area contributed by atoms with E-state index in [0.29, 0.717) is 12.5 Å². The van der Waals surface area contributed by atoms with Crippen molar-refractivity contribution in [1.82, 2.24) is 15.1 Å². The van der Waals surface area contributed by atoms with Gasteiger partial charge in [-0.1, -0.05) is 6.92 Å². The lowest BCUT2D eigenvalue weighted by atomic mass is 9.95. The van der Waals surface area contributed by atoms with Gasteiger partial charge in [0.25, 0.3) is 0 Å². The molecule has 2 atom stereocenters. The molecule has 1 aliphatic heterocycles. The summed E-state index contributed by atoms with van der Waals surface area (Å²) in [6.07, 6.45) is 5.11. The topological polar surface area (TPSA) is 55.8 Å². The largest absolute Gasteiger partial charge is 0.480 e. The van der Waals surface area contributed by atoms with Gasteiger partial charge >= 0.3 is 5.97 Å². The molecular weight excluding hydrogens is 266 g/mol. The van der Waals surface area contributed by atoms with Crippen LogP contribution in [-0.2, 0) is 4.79 Å². The summed E-state index contributed by atoms with van der Waals surface area (Å²) >= 11 is 0. The van der Waals surface area contributed by atoms with Gasteiger partial charge in [-0.3, -0.25) is 9.69 Å². The van der Waals surface area contributed by atoms with Crippen LogP contribution in [0.2, 0.25) is 0 Å². The highest BCUT2D eigenvalue weighted by molar-refractivity contribution is 5.78. The van der Waals surface area contributed by atoms with Crippen LogP contribution in [0, 0.1) is 0 Å². The maximum absolute atomic E-state index is 11.5. The number of nitrogens with zero attached hydrogens (tertiary/aromatic N) is 2. The van der Waals surface area contributed by atoms with Crippen molar-refractivity contribution in [2.45, 2.75) is 57.5 Å². The van der Waals surface area contributed by atoms with Gasteiger partial charge in [0.2, 0.25) is 0 Å². The molecule has 21 heavy (non-hydrogen) atoms. The fraction of sp³-hybridized carbons (Fsp3) is 0.938. The Bertz CT molecular complexity index is 323. The Morgan fingerprint density at radius 2 is 2.19 bits per heavy atom. The van der Waals surface area contributed by atoms with E-state index in [1.807, 2.05) is 6.92 Å².